The summed E-state index contributed by atoms with van der Waals surface area (Å²) in [6, 6.07) is 9.05. The third-order valence-corrected chi connectivity index (χ3v) is 5.65. The minimum Gasteiger partial charge on any atom is -0.337 e. The second kappa shape index (κ2) is 8.08. The maximum Gasteiger partial charge on any atom is 0.260 e. The Bertz CT molecular complexity index is 1160. The van der Waals surface area contributed by atoms with Crippen LogP contribution in [-0.2, 0) is 6.54 Å². The fraction of sp³-hybridized carbons (Fsp3) is 0.190. The molecule has 0 aliphatic heterocycles. The Morgan fingerprint density at radius 2 is 2.07 bits per heavy atom. The molecule has 0 unspecified atom stereocenters. The van der Waals surface area contributed by atoms with E-state index in [0.717, 1.165) is 27.9 Å². The van der Waals surface area contributed by atoms with Crippen LogP contribution >= 0.6 is 11.3 Å². The lowest BCUT2D eigenvalue weighted by molar-refractivity contribution is 0.0985. The number of amides is 1. The zero-order valence-electron chi connectivity index (χ0n) is 15.7. The summed E-state index contributed by atoms with van der Waals surface area (Å²) in [5.41, 5.74) is 1.94. The molecule has 5 nitrogen and oxygen atoms in total. The Hall–Kier alpha value is -3.13. The number of benzene rings is 2. The highest BCUT2D eigenvalue weighted by molar-refractivity contribution is 7.22. The molecule has 148 valence electrons. The first-order valence-electron chi connectivity index (χ1n) is 9.12. The number of hydrogen-bond acceptors (Lipinski definition) is 4. The molecule has 0 aliphatic rings. The molecule has 0 N–H and O–H groups in total. The van der Waals surface area contributed by atoms with E-state index in [0.29, 0.717) is 24.6 Å². The van der Waals surface area contributed by atoms with Crippen molar-refractivity contribution in [1.82, 2.24) is 14.5 Å². The molecule has 0 aliphatic carbocycles. The number of fused-ring (bicyclic) bond motifs is 1. The average Bonchev–Trinajstić information content (AvgIpc) is 3.37. The van der Waals surface area contributed by atoms with E-state index in [2.05, 4.69) is 9.97 Å². The second-order valence-corrected chi connectivity index (χ2v) is 7.67. The van der Waals surface area contributed by atoms with Gasteiger partial charge in [0, 0.05) is 31.0 Å². The van der Waals surface area contributed by atoms with Gasteiger partial charge in [0.2, 0.25) is 0 Å². The third kappa shape index (κ3) is 4.02. The average molecular weight is 412 g/mol. The van der Waals surface area contributed by atoms with Gasteiger partial charge < -0.3 is 4.57 Å². The van der Waals surface area contributed by atoms with Gasteiger partial charge in [-0.3, -0.25) is 9.69 Å². The van der Waals surface area contributed by atoms with Crippen LogP contribution in [0.2, 0.25) is 0 Å². The smallest absolute Gasteiger partial charge is 0.260 e. The van der Waals surface area contributed by atoms with Gasteiger partial charge in [-0.25, -0.2) is 18.7 Å². The van der Waals surface area contributed by atoms with Crippen LogP contribution in [-0.4, -0.2) is 27.0 Å². The van der Waals surface area contributed by atoms with Crippen LogP contribution < -0.4 is 4.90 Å². The molecule has 2 aromatic heterocycles. The van der Waals surface area contributed by atoms with E-state index in [1.54, 1.807) is 12.5 Å². The molecule has 2 heterocycles. The Morgan fingerprint density at radius 3 is 2.79 bits per heavy atom. The summed E-state index contributed by atoms with van der Waals surface area (Å²) in [6.45, 7) is 3.02. The number of thiazole rings is 1. The molecular formula is C21H18F2N4OS. The number of carbonyl (C=O) groups excluding carboxylic acids is 1. The van der Waals surface area contributed by atoms with Crippen LogP contribution in [0.15, 0.2) is 55.1 Å². The van der Waals surface area contributed by atoms with Gasteiger partial charge in [-0.1, -0.05) is 23.5 Å². The Morgan fingerprint density at radius 1 is 1.21 bits per heavy atom. The first-order valence-corrected chi connectivity index (χ1v) is 9.93. The lowest BCUT2D eigenvalue weighted by Gasteiger charge is -2.20. The SMILES string of the molecule is Cc1cccc2sc(N(CCCn3ccnc3)C(=O)c3ccc(F)c(F)c3)nc12. The first kappa shape index (κ1) is 19.2. The molecule has 0 saturated carbocycles. The predicted molar refractivity (Wildman–Crippen MR) is 109 cm³/mol. The monoisotopic (exact) mass is 412 g/mol. The van der Waals surface area contributed by atoms with E-state index in [4.69, 9.17) is 0 Å². The number of anilines is 1. The number of aromatic nitrogens is 3. The predicted octanol–water partition coefficient (Wildman–Crippen LogP) is 4.82. The molecule has 0 bridgehead atoms. The number of rotatable bonds is 6. The molecule has 0 saturated heterocycles. The maximum atomic E-state index is 13.7. The molecule has 1 amide bonds. The van der Waals surface area contributed by atoms with E-state index in [9.17, 15) is 13.6 Å². The van der Waals surface area contributed by atoms with Crippen molar-refractivity contribution >= 4 is 32.6 Å². The van der Waals surface area contributed by atoms with Crippen molar-refractivity contribution in [3.05, 3.63) is 77.9 Å². The minimum absolute atomic E-state index is 0.0857. The van der Waals surface area contributed by atoms with Crippen LogP contribution in [0.4, 0.5) is 13.9 Å². The van der Waals surface area contributed by atoms with Crippen LogP contribution in [0.1, 0.15) is 22.3 Å². The van der Waals surface area contributed by atoms with Crippen LogP contribution in [0.3, 0.4) is 0 Å². The lowest BCUT2D eigenvalue weighted by atomic mass is 10.2. The summed E-state index contributed by atoms with van der Waals surface area (Å²) in [4.78, 5) is 23.3. The zero-order chi connectivity index (χ0) is 20.4. The van der Waals surface area contributed by atoms with Gasteiger partial charge in [-0.15, -0.1) is 0 Å². The van der Waals surface area contributed by atoms with E-state index in [-0.39, 0.29) is 5.56 Å². The van der Waals surface area contributed by atoms with Gasteiger partial charge in [0.05, 0.1) is 16.5 Å². The quantitative estimate of drug-likeness (QED) is 0.456. The molecule has 4 aromatic rings. The maximum absolute atomic E-state index is 13.7. The summed E-state index contributed by atoms with van der Waals surface area (Å²) in [6.07, 6.45) is 5.91. The fourth-order valence-electron chi connectivity index (χ4n) is 3.09. The summed E-state index contributed by atoms with van der Waals surface area (Å²) in [5.74, 6) is -2.44. The van der Waals surface area contributed by atoms with Crippen molar-refractivity contribution in [3.8, 4) is 0 Å². The fourth-order valence-corrected chi connectivity index (χ4v) is 4.16. The van der Waals surface area contributed by atoms with Gasteiger partial charge in [-0.2, -0.15) is 0 Å². The van der Waals surface area contributed by atoms with Crippen LogP contribution in [0.25, 0.3) is 10.2 Å². The molecular weight excluding hydrogens is 394 g/mol. The van der Waals surface area contributed by atoms with Crippen molar-refractivity contribution in [1.29, 1.82) is 0 Å². The molecule has 29 heavy (non-hydrogen) atoms. The number of nitrogens with zero attached hydrogens (tertiary/aromatic N) is 4. The Balaban J connectivity index is 1.66. The van der Waals surface area contributed by atoms with Crippen molar-refractivity contribution in [2.45, 2.75) is 19.9 Å². The van der Waals surface area contributed by atoms with Gasteiger partial charge in [-0.05, 0) is 43.2 Å². The van der Waals surface area contributed by atoms with E-state index in [1.165, 1.54) is 22.3 Å². The highest BCUT2D eigenvalue weighted by Crippen LogP contribution is 2.31. The molecule has 0 spiro atoms. The summed E-state index contributed by atoms with van der Waals surface area (Å²) in [5, 5.41) is 0.537. The van der Waals surface area contributed by atoms with Gasteiger partial charge >= 0.3 is 0 Å². The number of carbonyl (C=O) groups is 1. The summed E-state index contributed by atoms with van der Waals surface area (Å²) in [7, 11) is 0. The standard InChI is InChI=1S/C21H18F2N4OS/c1-14-4-2-5-18-19(14)25-21(29-18)27(10-3-9-26-11-8-24-13-26)20(28)15-6-7-16(22)17(23)12-15/h2,4-8,11-13H,3,9-10H2,1H3. The van der Waals surface area contributed by atoms with E-state index in [1.807, 2.05) is 35.9 Å². The van der Waals surface area contributed by atoms with E-state index >= 15 is 0 Å². The molecule has 2 aromatic carbocycles. The highest BCUT2D eigenvalue weighted by Gasteiger charge is 2.22. The van der Waals surface area contributed by atoms with Gasteiger partial charge in [0.25, 0.3) is 5.91 Å². The Labute approximate surface area is 170 Å². The lowest BCUT2D eigenvalue weighted by Crippen LogP contribution is -2.32. The molecule has 0 atom stereocenters. The van der Waals surface area contributed by atoms with Gasteiger partial charge in [0.1, 0.15) is 0 Å². The number of hydrogen-bond donors (Lipinski definition) is 0. The Kier molecular flexibility index (Phi) is 5.35. The van der Waals surface area contributed by atoms with Crippen LogP contribution in [0.5, 0.6) is 0 Å². The molecule has 0 radical (unpaired) electrons. The van der Waals surface area contributed by atoms with Crippen molar-refractivity contribution < 1.29 is 13.6 Å². The largest absolute Gasteiger partial charge is 0.337 e. The van der Waals surface area contributed by atoms with E-state index < -0.39 is 17.5 Å². The summed E-state index contributed by atoms with van der Waals surface area (Å²) < 4.78 is 29.9. The molecule has 4 rings (SSSR count). The van der Waals surface area contributed by atoms with Crippen molar-refractivity contribution in [3.63, 3.8) is 0 Å². The second-order valence-electron chi connectivity index (χ2n) is 6.66. The van der Waals surface area contributed by atoms with Crippen molar-refractivity contribution in [2.75, 3.05) is 11.4 Å². The zero-order valence-corrected chi connectivity index (χ0v) is 16.5. The van der Waals surface area contributed by atoms with Crippen LogP contribution in [0, 0.1) is 18.6 Å². The number of para-hydroxylation sites is 1. The third-order valence-electron chi connectivity index (χ3n) is 4.61. The highest BCUT2D eigenvalue weighted by atomic mass is 32.1. The summed E-state index contributed by atoms with van der Waals surface area (Å²) >= 11 is 1.40. The normalized spacial score (nSPS) is 11.1. The van der Waals surface area contributed by atoms with Crippen molar-refractivity contribution in [2.24, 2.45) is 0 Å². The molecule has 0 fully saturated rings. The first-order chi connectivity index (χ1) is 14.0. The van der Waals surface area contributed by atoms with Gasteiger partial charge in [0.15, 0.2) is 16.8 Å². The number of imidazole rings is 1. The number of aryl methyl sites for hydroxylation is 2. The number of halogens is 2. The topological polar surface area (TPSA) is 51.0 Å². The molecule has 8 heteroatoms. The minimum atomic E-state index is -1.05.